The number of pyridine rings is 1. The van der Waals surface area contributed by atoms with Crippen molar-refractivity contribution in [1.29, 1.82) is 0 Å². The molecule has 3 heterocycles. The molecule has 0 aromatic carbocycles. The maximum absolute atomic E-state index is 5.76. The molecule has 3 rings (SSSR count). The number of rotatable bonds is 3. The van der Waals surface area contributed by atoms with E-state index >= 15 is 0 Å². The van der Waals surface area contributed by atoms with E-state index in [0.717, 1.165) is 44.0 Å². The molecule has 2 fully saturated rings. The number of ether oxygens (including phenoxy) is 1. The lowest BCUT2D eigenvalue weighted by Crippen LogP contribution is -2.40. The molecule has 1 aromatic heterocycles. The first-order chi connectivity index (χ1) is 9.62. The van der Waals surface area contributed by atoms with Crippen molar-refractivity contribution in [3.63, 3.8) is 0 Å². The maximum Gasteiger partial charge on any atom is 0.128 e. The summed E-state index contributed by atoms with van der Waals surface area (Å²) in [6, 6.07) is 4.78. The van der Waals surface area contributed by atoms with Crippen molar-refractivity contribution >= 4 is 11.5 Å². The van der Waals surface area contributed by atoms with Gasteiger partial charge in [-0.1, -0.05) is 0 Å². The Morgan fingerprint density at radius 1 is 1.30 bits per heavy atom. The van der Waals surface area contributed by atoms with Gasteiger partial charge in [0, 0.05) is 25.7 Å². The Kier molecular flexibility index (Phi) is 3.83. The van der Waals surface area contributed by atoms with E-state index in [1.165, 1.54) is 12.8 Å². The fraction of sp³-hybridized carbons (Fsp3) is 0.688. The van der Waals surface area contributed by atoms with E-state index in [1.807, 2.05) is 6.20 Å². The summed E-state index contributed by atoms with van der Waals surface area (Å²) in [5.74, 6) is 1.11. The zero-order valence-electron chi connectivity index (χ0n) is 12.6. The predicted octanol–water partition coefficient (Wildman–Crippen LogP) is 3.05. The van der Waals surface area contributed by atoms with Crippen LogP contribution in [0.4, 0.5) is 11.5 Å². The topological polar surface area (TPSA) is 37.4 Å². The maximum atomic E-state index is 5.76. The summed E-state index contributed by atoms with van der Waals surface area (Å²) in [6.07, 6.45) is 6.66. The molecule has 4 nitrogen and oxygen atoms in total. The fourth-order valence-electron chi connectivity index (χ4n) is 3.20. The molecule has 1 aromatic rings. The summed E-state index contributed by atoms with van der Waals surface area (Å²) >= 11 is 0. The highest BCUT2D eigenvalue weighted by Crippen LogP contribution is 2.27. The lowest BCUT2D eigenvalue weighted by molar-refractivity contribution is -0.0553. The lowest BCUT2D eigenvalue weighted by Gasteiger charge is -2.36. The van der Waals surface area contributed by atoms with Gasteiger partial charge in [-0.15, -0.1) is 0 Å². The van der Waals surface area contributed by atoms with Gasteiger partial charge in [0.15, 0.2) is 0 Å². The molecule has 2 saturated heterocycles. The number of anilines is 2. The van der Waals surface area contributed by atoms with E-state index in [1.54, 1.807) is 0 Å². The molecule has 0 saturated carbocycles. The van der Waals surface area contributed by atoms with E-state index in [2.05, 4.69) is 41.2 Å². The number of hydrogen-bond donors (Lipinski definition) is 1. The number of aromatic nitrogens is 1. The Hall–Kier alpha value is -1.29. The molecule has 110 valence electrons. The van der Waals surface area contributed by atoms with Crippen molar-refractivity contribution in [3.8, 4) is 0 Å². The highest BCUT2D eigenvalue weighted by atomic mass is 16.5. The van der Waals surface area contributed by atoms with Crippen molar-refractivity contribution < 1.29 is 4.74 Å². The molecule has 20 heavy (non-hydrogen) atoms. The molecule has 0 aliphatic carbocycles. The molecule has 0 spiro atoms. The average Bonchev–Trinajstić information content (AvgIpc) is 2.92. The van der Waals surface area contributed by atoms with Crippen molar-refractivity contribution in [2.45, 2.75) is 51.2 Å². The molecule has 0 radical (unpaired) electrons. The first-order valence-corrected chi connectivity index (χ1v) is 7.74. The van der Waals surface area contributed by atoms with Crippen LogP contribution in [0.1, 0.15) is 39.5 Å². The van der Waals surface area contributed by atoms with Crippen molar-refractivity contribution in [2.75, 3.05) is 29.9 Å². The average molecular weight is 275 g/mol. The third-order valence-electron chi connectivity index (χ3n) is 4.25. The summed E-state index contributed by atoms with van der Waals surface area (Å²) in [6.45, 7) is 7.46. The van der Waals surface area contributed by atoms with Crippen LogP contribution < -0.4 is 10.2 Å². The fourth-order valence-corrected chi connectivity index (χ4v) is 3.20. The monoisotopic (exact) mass is 275 g/mol. The second-order valence-electron chi connectivity index (χ2n) is 6.54. The molecule has 4 heteroatoms. The standard InChI is InChI=1S/C16H25N3O/c1-16(2)11-13(7-10-20-16)18-14-5-6-15(17-12-14)19-8-3-4-9-19/h5-6,12-13,18H,3-4,7-11H2,1-2H3. The summed E-state index contributed by atoms with van der Waals surface area (Å²) in [7, 11) is 0. The van der Waals surface area contributed by atoms with E-state index in [9.17, 15) is 0 Å². The molecule has 2 aliphatic heterocycles. The zero-order valence-corrected chi connectivity index (χ0v) is 12.6. The van der Waals surface area contributed by atoms with Crippen molar-refractivity contribution in [3.05, 3.63) is 18.3 Å². The smallest absolute Gasteiger partial charge is 0.128 e. The zero-order chi connectivity index (χ0) is 14.0. The van der Waals surface area contributed by atoms with Crippen molar-refractivity contribution in [1.82, 2.24) is 4.98 Å². The third-order valence-corrected chi connectivity index (χ3v) is 4.25. The van der Waals surface area contributed by atoms with Gasteiger partial charge < -0.3 is 15.0 Å². The molecular formula is C16H25N3O. The Bertz CT molecular complexity index is 438. The predicted molar refractivity (Wildman–Crippen MR) is 82.4 cm³/mol. The lowest BCUT2D eigenvalue weighted by atomic mass is 9.94. The summed E-state index contributed by atoms with van der Waals surface area (Å²) in [5.41, 5.74) is 1.11. The minimum Gasteiger partial charge on any atom is -0.381 e. The van der Waals surface area contributed by atoms with Gasteiger partial charge in [-0.05, 0) is 51.7 Å². The summed E-state index contributed by atoms with van der Waals surface area (Å²) in [5, 5.41) is 3.59. The van der Waals surface area contributed by atoms with Gasteiger partial charge in [0.1, 0.15) is 5.82 Å². The molecule has 2 aliphatic rings. The van der Waals surface area contributed by atoms with E-state index < -0.39 is 0 Å². The van der Waals surface area contributed by atoms with E-state index in [4.69, 9.17) is 4.74 Å². The molecule has 1 N–H and O–H groups in total. The minimum absolute atomic E-state index is 0.0150. The largest absolute Gasteiger partial charge is 0.381 e. The van der Waals surface area contributed by atoms with Gasteiger partial charge in [-0.3, -0.25) is 0 Å². The number of nitrogens with one attached hydrogen (secondary N) is 1. The van der Waals surface area contributed by atoms with Gasteiger partial charge in [-0.2, -0.15) is 0 Å². The number of hydrogen-bond acceptors (Lipinski definition) is 4. The van der Waals surface area contributed by atoms with Crippen molar-refractivity contribution in [2.24, 2.45) is 0 Å². The third kappa shape index (κ3) is 3.23. The minimum atomic E-state index is -0.0150. The Balaban J connectivity index is 1.60. The quantitative estimate of drug-likeness (QED) is 0.920. The second-order valence-corrected chi connectivity index (χ2v) is 6.54. The van der Waals surface area contributed by atoms with Crippen LogP contribution in [0.3, 0.4) is 0 Å². The van der Waals surface area contributed by atoms with E-state index in [0.29, 0.717) is 6.04 Å². The Morgan fingerprint density at radius 3 is 2.75 bits per heavy atom. The molecule has 0 bridgehead atoms. The SMILES string of the molecule is CC1(C)CC(Nc2ccc(N3CCCC3)nc2)CCO1. The van der Waals surface area contributed by atoms with Crippen LogP contribution in [0.5, 0.6) is 0 Å². The van der Waals surface area contributed by atoms with Gasteiger partial charge in [0.25, 0.3) is 0 Å². The van der Waals surface area contributed by atoms with Gasteiger partial charge >= 0.3 is 0 Å². The van der Waals surface area contributed by atoms with Crippen LogP contribution in [-0.4, -0.2) is 36.3 Å². The van der Waals surface area contributed by atoms with Crippen LogP contribution in [0.25, 0.3) is 0 Å². The first kappa shape index (κ1) is 13.7. The highest BCUT2D eigenvalue weighted by Gasteiger charge is 2.28. The van der Waals surface area contributed by atoms with E-state index in [-0.39, 0.29) is 5.60 Å². The summed E-state index contributed by atoms with van der Waals surface area (Å²) in [4.78, 5) is 6.96. The normalized spacial score (nSPS) is 25.7. The molecule has 1 atom stereocenters. The molecule has 1 unspecified atom stereocenters. The molecule has 0 amide bonds. The van der Waals surface area contributed by atoms with Gasteiger partial charge in [0.05, 0.1) is 17.5 Å². The number of nitrogens with zero attached hydrogens (tertiary/aromatic N) is 2. The van der Waals surface area contributed by atoms with Gasteiger partial charge in [-0.25, -0.2) is 4.98 Å². The Morgan fingerprint density at radius 2 is 2.10 bits per heavy atom. The molecular weight excluding hydrogens is 250 g/mol. The summed E-state index contributed by atoms with van der Waals surface area (Å²) < 4.78 is 5.76. The first-order valence-electron chi connectivity index (χ1n) is 7.74. The van der Waals surface area contributed by atoms with Crippen LogP contribution >= 0.6 is 0 Å². The van der Waals surface area contributed by atoms with Crippen LogP contribution in [0.15, 0.2) is 18.3 Å². The van der Waals surface area contributed by atoms with Crippen LogP contribution in [0.2, 0.25) is 0 Å². The highest BCUT2D eigenvalue weighted by molar-refractivity contribution is 5.49. The van der Waals surface area contributed by atoms with Gasteiger partial charge in [0.2, 0.25) is 0 Å². The Labute approximate surface area is 121 Å². The second kappa shape index (κ2) is 5.60. The van der Waals surface area contributed by atoms with Crippen LogP contribution in [0, 0.1) is 0 Å². The van der Waals surface area contributed by atoms with Crippen LogP contribution in [-0.2, 0) is 4.74 Å².